The number of nitrogens with one attached hydrogen (secondary N) is 1. The first-order valence-electron chi connectivity index (χ1n) is 5.15. The van der Waals surface area contributed by atoms with Crippen molar-refractivity contribution in [2.45, 2.75) is 30.5 Å². The molecule has 1 unspecified atom stereocenters. The molecule has 0 aliphatic carbocycles. The Labute approximate surface area is 107 Å². The first kappa shape index (κ1) is 15.7. The van der Waals surface area contributed by atoms with Gasteiger partial charge in [-0.2, -0.15) is 13.2 Å². The van der Waals surface area contributed by atoms with Crippen LogP contribution in [0, 0.1) is 5.82 Å². The molecule has 0 amide bonds. The maximum atomic E-state index is 13.4. The van der Waals surface area contributed by atoms with Gasteiger partial charge in [-0.15, -0.1) is 0 Å². The second kappa shape index (κ2) is 5.33. The maximum Gasteiger partial charge on any atom is 0.390 e. The average molecular weight is 300 g/mol. The highest BCUT2D eigenvalue weighted by atomic mass is 32.2. The first-order valence-corrected chi connectivity index (χ1v) is 6.64. The van der Waals surface area contributed by atoms with Gasteiger partial charge in [0.05, 0.1) is 6.42 Å². The Balaban J connectivity index is 2.93. The van der Waals surface area contributed by atoms with E-state index in [2.05, 4.69) is 0 Å². The van der Waals surface area contributed by atoms with E-state index in [1.165, 1.54) is 0 Å². The van der Waals surface area contributed by atoms with Gasteiger partial charge in [0.25, 0.3) is 0 Å². The largest absolute Gasteiger partial charge is 0.399 e. The van der Waals surface area contributed by atoms with Crippen molar-refractivity contribution in [3.05, 3.63) is 24.0 Å². The van der Waals surface area contributed by atoms with Crippen LogP contribution >= 0.6 is 0 Å². The van der Waals surface area contributed by atoms with Crippen LogP contribution in [0.25, 0.3) is 0 Å². The van der Waals surface area contributed by atoms with E-state index >= 15 is 0 Å². The summed E-state index contributed by atoms with van der Waals surface area (Å²) in [6, 6.07) is 1.42. The lowest BCUT2D eigenvalue weighted by Gasteiger charge is -2.16. The summed E-state index contributed by atoms with van der Waals surface area (Å²) >= 11 is 0. The topological polar surface area (TPSA) is 72.2 Å². The number of hydrogen-bond donors (Lipinski definition) is 2. The second-order valence-electron chi connectivity index (χ2n) is 4.03. The zero-order chi connectivity index (χ0) is 14.8. The van der Waals surface area contributed by atoms with E-state index in [0.717, 1.165) is 25.1 Å². The van der Waals surface area contributed by atoms with Crippen molar-refractivity contribution in [3.63, 3.8) is 0 Å². The summed E-state index contributed by atoms with van der Waals surface area (Å²) < 4.78 is 74.8. The van der Waals surface area contributed by atoms with Crippen LogP contribution in [0.15, 0.2) is 23.1 Å². The Morgan fingerprint density at radius 2 is 1.95 bits per heavy atom. The van der Waals surface area contributed by atoms with Gasteiger partial charge in [-0.3, -0.25) is 0 Å². The highest BCUT2D eigenvalue weighted by Crippen LogP contribution is 2.23. The molecule has 1 aromatic rings. The van der Waals surface area contributed by atoms with Crippen molar-refractivity contribution in [2.24, 2.45) is 0 Å². The number of benzene rings is 1. The summed E-state index contributed by atoms with van der Waals surface area (Å²) in [6.45, 7) is 1.04. The Morgan fingerprint density at radius 1 is 1.37 bits per heavy atom. The van der Waals surface area contributed by atoms with Crippen molar-refractivity contribution in [2.75, 3.05) is 5.73 Å². The van der Waals surface area contributed by atoms with Crippen LogP contribution in [0.2, 0.25) is 0 Å². The van der Waals surface area contributed by atoms with Crippen LogP contribution in [0.5, 0.6) is 0 Å². The summed E-state index contributed by atoms with van der Waals surface area (Å²) in [4.78, 5) is -0.740. The van der Waals surface area contributed by atoms with E-state index in [9.17, 15) is 26.0 Å². The number of halogens is 4. The second-order valence-corrected chi connectivity index (χ2v) is 5.71. The molecule has 0 fully saturated rings. The SMILES string of the molecule is CC(CC(F)(F)F)NS(=O)(=O)c1ccc(N)cc1F. The van der Waals surface area contributed by atoms with Gasteiger partial charge in [0, 0.05) is 11.7 Å². The highest BCUT2D eigenvalue weighted by molar-refractivity contribution is 7.89. The predicted octanol–water partition coefficient (Wildman–Crippen LogP) is 2.03. The minimum atomic E-state index is -4.51. The number of sulfonamides is 1. The molecule has 108 valence electrons. The van der Waals surface area contributed by atoms with E-state index in [1.807, 2.05) is 0 Å². The van der Waals surface area contributed by atoms with Gasteiger partial charge in [-0.05, 0) is 25.1 Å². The third-order valence-electron chi connectivity index (χ3n) is 2.14. The zero-order valence-electron chi connectivity index (χ0n) is 9.83. The molecule has 4 nitrogen and oxygen atoms in total. The minimum absolute atomic E-state index is 0.0137. The molecule has 0 radical (unpaired) electrons. The number of anilines is 1. The summed E-state index contributed by atoms with van der Waals surface area (Å²) in [5, 5.41) is 0. The van der Waals surface area contributed by atoms with Crippen molar-refractivity contribution in [1.29, 1.82) is 0 Å². The molecule has 0 aliphatic rings. The summed E-state index contributed by atoms with van der Waals surface area (Å²) in [7, 11) is -4.36. The molecule has 1 atom stereocenters. The minimum Gasteiger partial charge on any atom is -0.399 e. The van der Waals surface area contributed by atoms with E-state index in [1.54, 1.807) is 4.72 Å². The Kier molecular flexibility index (Phi) is 4.41. The molecular weight excluding hydrogens is 288 g/mol. The fourth-order valence-electron chi connectivity index (χ4n) is 1.45. The van der Waals surface area contributed by atoms with Gasteiger partial charge in [-0.1, -0.05) is 0 Å². The normalized spacial score (nSPS) is 14.4. The molecule has 0 bridgehead atoms. The molecule has 0 heterocycles. The van der Waals surface area contributed by atoms with Crippen molar-refractivity contribution in [3.8, 4) is 0 Å². The third-order valence-corrected chi connectivity index (χ3v) is 3.76. The Bertz CT molecular complexity index is 557. The predicted molar refractivity (Wildman–Crippen MR) is 61.3 cm³/mol. The number of hydrogen-bond acceptors (Lipinski definition) is 3. The van der Waals surface area contributed by atoms with Gasteiger partial charge < -0.3 is 5.73 Å². The Hall–Kier alpha value is -1.35. The van der Waals surface area contributed by atoms with Crippen LogP contribution < -0.4 is 10.5 Å². The first-order chi connectivity index (χ1) is 8.51. The molecule has 0 aromatic heterocycles. The number of nitrogens with two attached hydrogens (primary N) is 1. The van der Waals surface area contributed by atoms with E-state index in [-0.39, 0.29) is 5.69 Å². The molecule has 0 saturated heterocycles. The number of nitrogen functional groups attached to an aromatic ring is 1. The summed E-state index contributed by atoms with van der Waals surface area (Å²) in [5.41, 5.74) is 5.26. The van der Waals surface area contributed by atoms with E-state index in [4.69, 9.17) is 5.73 Å². The lowest BCUT2D eigenvalue weighted by Crippen LogP contribution is -2.36. The quantitative estimate of drug-likeness (QED) is 0.660. The van der Waals surface area contributed by atoms with Gasteiger partial charge in [-0.25, -0.2) is 17.5 Å². The standard InChI is InChI=1S/C10H12F4N2O2S/c1-6(5-10(12,13)14)16-19(17,18)9-3-2-7(15)4-8(9)11/h2-4,6,16H,5,15H2,1H3. The summed E-state index contributed by atoms with van der Waals surface area (Å²) in [5.74, 6) is -1.12. The van der Waals surface area contributed by atoms with Crippen LogP contribution in [-0.4, -0.2) is 20.6 Å². The Morgan fingerprint density at radius 3 is 2.42 bits per heavy atom. The monoisotopic (exact) mass is 300 g/mol. The molecule has 0 aliphatic heterocycles. The molecule has 9 heteroatoms. The van der Waals surface area contributed by atoms with Gasteiger partial charge in [0.2, 0.25) is 10.0 Å². The number of rotatable bonds is 4. The fraction of sp³-hybridized carbons (Fsp3) is 0.400. The van der Waals surface area contributed by atoms with Crippen molar-refractivity contribution < 1.29 is 26.0 Å². The van der Waals surface area contributed by atoms with Crippen molar-refractivity contribution >= 4 is 15.7 Å². The van der Waals surface area contributed by atoms with Crippen LogP contribution in [0.4, 0.5) is 23.2 Å². The average Bonchev–Trinajstić information content (AvgIpc) is 2.11. The molecule has 0 saturated carbocycles. The molecule has 1 aromatic carbocycles. The lowest BCUT2D eigenvalue weighted by atomic mass is 10.2. The zero-order valence-corrected chi connectivity index (χ0v) is 10.6. The van der Waals surface area contributed by atoms with Crippen LogP contribution in [0.1, 0.15) is 13.3 Å². The molecule has 1 rings (SSSR count). The van der Waals surface area contributed by atoms with E-state index < -0.39 is 39.4 Å². The van der Waals surface area contributed by atoms with Crippen molar-refractivity contribution in [1.82, 2.24) is 4.72 Å². The van der Waals surface area contributed by atoms with E-state index in [0.29, 0.717) is 0 Å². The third kappa shape index (κ3) is 4.67. The number of alkyl halides is 3. The molecule has 3 N–H and O–H groups in total. The molecular formula is C10H12F4N2O2S. The molecule has 0 spiro atoms. The van der Waals surface area contributed by atoms with Gasteiger partial charge in [0.15, 0.2) is 0 Å². The molecule has 19 heavy (non-hydrogen) atoms. The van der Waals surface area contributed by atoms with Gasteiger partial charge in [0.1, 0.15) is 10.7 Å². The van der Waals surface area contributed by atoms with Crippen LogP contribution in [0.3, 0.4) is 0 Å². The van der Waals surface area contributed by atoms with Gasteiger partial charge >= 0.3 is 6.18 Å². The van der Waals surface area contributed by atoms with Crippen LogP contribution in [-0.2, 0) is 10.0 Å². The smallest absolute Gasteiger partial charge is 0.390 e. The maximum absolute atomic E-state index is 13.4. The fourth-order valence-corrected chi connectivity index (χ4v) is 2.76. The summed E-state index contributed by atoms with van der Waals surface area (Å²) in [6.07, 6.45) is -5.86. The lowest BCUT2D eigenvalue weighted by molar-refractivity contribution is -0.137. The highest BCUT2D eigenvalue weighted by Gasteiger charge is 2.32.